The van der Waals surface area contributed by atoms with Gasteiger partial charge < -0.3 is 9.84 Å². The molecule has 1 fully saturated rings. The van der Waals surface area contributed by atoms with Crippen LogP contribution in [0.15, 0.2) is 24.3 Å². The van der Waals surface area contributed by atoms with E-state index in [-0.39, 0.29) is 11.8 Å². The third-order valence-electron chi connectivity index (χ3n) is 2.73. The summed E-state index contributed by atoms with van der Waals surface area (Å²) in [5, 5.41) is 20.1. The van der Waals surface area contributed by atoms with Gasteiger partial charge in [-0.15, -0.1) is 0 Å². The first-order chi connectivity index (χ1) is 7.66. The second-order valence-electron chi connectivity index (χ2n) is 3.91. The second kappa shape index (κ2) is 4.49. The Kier molecular flexibility index (Phi) is 3.05. The Hall–Kier alpha value is -1.62. The fourth-order valence-corrected chi connectivity index (χ4v) is 1.89. The van der Waals surface area contributed by atoms with E-state index in [9.17, 15) is 15.2 Å². The summed E-state index contributed by atoms with van der Waals surface area (Å²) in [7, 11) is 0. The van der Waals surface area contributed by atoms with E-state index in [4.69, 9.17) is 4.74 Å². The van der Waals surface area contributed by atoms with Crippen molar-refractivity contribution in [2.75, 3.05) is 0 Å². The van der Waals surface area contributed by atoms with E-state index in [1.165, 1.54) is 12.1 Å². The summed E-state index contributed by atoms with van der Waals surface area (Å²) >= 11 is 0. The number of aliphatic hydroxyl groups excluding tert-OH is 1. The van der Waals surface area contributed by atoms with E-state index in [2.05, 4.69) is 0 Å². The van der Waals surface area contributed by atoms with Crippen LogP contribution in [0, 0.1) is 10.1 Å². The van der Waals surface area contributed by atoms with E-state index >= 15 is 0 Å². The van der Waals surface area contributed by atoms with Gasteiger partial charge in [0.25, 0.3) is 5.69 Å². The van der Waals surface area contributed by atoms with Crippen molar-refractivity contribution in [2.45, 2.75) is 31.5 Å². The van der Waals surface area contributed by atoms with Crippen LogP contribution in [0.3, 0.4) is 0 Å². The van der Waals surface area contributed by atoms with E-state index in [1.807, 2.05) is 0 Å². The summed E-state index contributed by atoms with van der Waals surface area (Å²) in [4.78, 5) is 10.1. The van der Waals surface area contributed by atoms with Gasteiger partial charge in [-0.3, -0.25) is 10.1 Å². The third kappa shape index (κ3) is 2.30. The van der Waals surface area contributed by atoms with Gasteiger partial charge in [0.15, 0.2) is 0 Å². The Labute approximate surface area is 92.8 Å². The van der Waals surface area contributed by atoms with Crippen molar-refractivity contribution in [3.05, 3.63) is 34.4 Å². The maximum Gasteiger partial charge on any atom is 0.273 e. The van der Waals surface area contributed by atoms with Gasteiger partial charge in [-0.25, -0.2) is 0 Å². The van der Waals surface area contributed by atoms with E-state index in [0.717, 1.165) is 19.3 Å². The zero-order chi connectivity index (χ0) is 11.5. The van der Waals surface area contributed by atoms with E-state index in [0.29, 0.717) is 5.75 Å². The standard InChI is InChI=1S/C11H13NO4/c13-10-5-2-6-11(10)16-9-4-1-3-8(7-9)12(14)15/h1,3-4,7,10-11,13H,2,5-6H2. The fourth-order valence-electron chi connectivity index (χ4n) is 1.89. The highest BCUT2D eigenvalue weighted by Gasteiger charge is 2.27. The lowest BCUT2D eigenvalue weighted by molar-refractivity contribution is -0.385. The van der Waals surface area contributed by atoms with E-state index in [1.54, 1.807) is 12.1 Å². The second-order valence-corrected chi connectivity index (χ2v) is 3.91. The van der Waals surface area contributed by atoms with Gasteiger partial charge in [0.2, 0.25) is 0 Å². The number of nitrogens with zero attached hydrogens (tertiary/aromatic N) is 1. The molecule has 5 nitrogen and oxygen atoms in total. The number of nitro groups is 1. The van der Waals surface area contributed by atoms with Crippen molar-refractivity contribution in [1.82, 2.24) is 0 Å². The Morgan fingerprint density at radius 3 is 2.88 bits per heavy atom. The van der Waals surface area contributed by atoms with Crippen molar-refractivity contribution < 1.29 is 14.8 Å². The Bertz CT molecular complexity index is 393. The Morgan fingerprint density at radius 1 is 1.44 bits per heavy atom. The number of nitro benzene ring substituents is 1. The molecule has 86 valence electrons. The van der Waals surface area contributed by atoms with Crippen molar-refractivity contribution in [1.29, 1.82) is 0 Å². The van der Waals surface area contributed by atoms with Crippen LogP contribution in [0.25, 0.3) is 0 Å². The van der Waals surface area contributed by atoms with Gasteiger partial charge in [-0.1, -0.05) is 6.07 Å². The van der Waals surface area contributed by atoms with Gasteiger partial charge in [0, 0.05) is 6.07 Å². The quantitative estimate of drug-likeness (QED) is 0.627. The fraction of sp³-hybridized carbons (Fsp3) is 0.455. The lowest BCUT2D eigenvalue weighted by atomic mass is 10.2. The summed E-state index contributed by atoms with van der Waals surface area (Å²) in [5.74, 6) is 0.445. The zero-order valence-corrected chi connectivity index (χ0v) is 8.70. The number of hydrogen-bond acceptors (Lipinski definition) is 4. The largest absolute Gasteiger partial charge is 0.487 e. The Morgan fingerprint density at radius 2 is 2.25 bits per heavy atom. The lowest BCUT2D eigenvalue weighted by Gasteiger charge is -2.16. The molecule has 0 aliphatic heterocycles. The molecule has 1 aliphatic rings. The monoisotopic (exact) mass is 223 g/mol. The molecule has 0 radical (unpaired) electrons. The van der Waals surface area contributed by atoms with E-state index < -0.39 is 11.0 Å². The first-order valence-electron chi connectivity index (χ1n) is 5.26. The van der Waals surface area contributed by atoms with Gasteiger partial charge in [0.05, 0.1) is 17.1 Å². The molecule has 2 unspecified atom stereocenters. The van der Waals surface area contributed by atoms with Gasteiger partial charge in [-0.2, -0.15) is 0 Å². The molecule has 0 aromatic heterocycles. The normalized spacial score (nSPS) is 24.3. The molecule has 1 aromatic carbocycles. The predicted molar refractivity (Wildman–Crippen MR) is 57.4 cm³/mol. The number of benzene rings is 1. The number of non-ortho nitro benzene ring substituents is 1. The maximum absolute atomic E-state index is 10.6. The minimum atomic E-state index is -0.460. The molecule has 1 aliphatic carbocycles. The van der Waals surface area contributed by atoms with Crippen LogP contribution in [0.4, 0.5) is 5.69 Å². The highest BCUT2D eigenvalue weighted by atomic mass is 16.6. The summed E-state index contributed by atoms with van der Waals surface area (Å²) in [6, 6.07) is 6.04. The van der Waals surface area contributed by atoms with Crippen LogP contribution in [0.2, 0.25) is 0 Å². The summed E-state index contributed by atoms with van der Waals surface area (Å²) in [5.41, 5.74) is 0.00462. The van der Waals surface area contributed by atoms with Crippen LogP contribution < -0.4 is 4.74 Å². The predicted octanol–water partition coefficient (Wildman–Crippen LogP) is 1.89. The Balaban J connectivity index is 2.09. The number of ether oxygens (including phenoxy) is 1. The average Bonchev–Trinajstić information content (AvgIpc) is 2.65. The molecule has 5 heteroatoms. The molecule has 1 aromatic rings. The highest BCUT2D eigenvalue weighted by molar-refractivity contribution is 5.38. The first-order valence-corrected chi connectivity index (χ1v) is 5.26. The molecule has 2 atom stereocenters. The molecule has 0 amide bonds. The van der Waals surface area contributed by atoms with Gasteiger partial charge in [0.1, 0.15) is 11.9 Å². The minimum Gasteiger partial charge on any atom is -0.487 e. The number of rotatable bonds is 3. The van der Waals surface area contributed by atoms with Gasteiger partial charge in [-0.05, 0) is 25.3 Å². The van der Waals surface area contributed by atoms with Crippen LogP contribution in [-0.2, 0) is 0 Å². The smallest absolute Gasteiger partial charge is 0.273 e. The zero-order valence-electron chi connectivity index (χ0n) is 8.70. The first kappa shape index (κ1) is 10.9. The van der Waals surface area contributed by atoms with Crippen molar-refractivity contribution in [3.8, 4) is 5.75 Å². The molecule has 16 heavy (non-hydrogen) atoms. The number of hydrogen-bond donors (Lipinski definition) is 1. The third-order valence-corrected chi connectivity index (χ3v) is 2.73. The maximum atomic E-state index is 10.6. The summed E-state index contributed by atoms with van der Waals surface area (Å²) < 4.78 is 5.52. The SMILES string of the molecule is O=[N+]([O-])c1cccc(OC2CCCC2O)c1. The highest BCUT2D eigenvalue weighted by Crippen LogP contribution is 2.26. The molecule has 1 saturated carbocycles. The molecule has 2 rings (SSSR count). The van der Waals surface area contributed by atoms with Crippen molar-refractivity contribution in [2.24, 2.45) is 0 Å². The minimum absolute atomic E-state index is 0.00462. The lowest BCUT2D eigenvalue weighted by Crippen LogP contribution is -2.25. The van der Waals surface area contributed by atoms with Crippen molar-refractivity contribution in [3.63, 3.8) is 0 Å². The molecule has 0 spiro atoms. The van der Waals surface area contributed by atoms with Crippen molar-refractivity contribution >= 4 is 5.69 Å². The molecular formula is C11H13NO4. The summed E-state index contributed by atoms with van der Waals surface area (Å²) in [6.45, 7) is 0. The molecule has 1 N–H and O–H groups in total. The molecule has 0 bridgehead atoms. The average molecular weight is 223 g/mol. The van der Waals surface area contributed by atoms with Crippen LogP contribution in [0.5, 0.6) is 5.75 Å². The van der Waals surface area contributed by atoms with Crippen LogP contribution in [0.1, 0.15) is 19.3 Å². The van der Waals surface area contributed by atoms with Crippen LogP contribution in [-0.4, -0.2) is 22.2 Å². The molecule has 0 saturated heterocycles. The topological polar surface area (TPSA) is 72.6 Å². The molecule has 0 heterocycles. The van der Waals surface area contributed by atoms with Gasteiger partial charge >= 0.3 is 0 Å². The number of aliphatic hydroxyl groups is 1. The molecular weight excluding hydrogens is 210 g/mol. The van der Waals surface area contributed by atoms with Crippen LogP contribution >= 0.6 is 0 Å². The summed E-state index contributed by atoms with van der Waals surface area (Å²) in [6.07, 6.45) is 1.77.